The largest absolute Gasteiger partial charge is 0.339 e. The lowest BCUT2D eigenvalue weighted by atomic mass is 9.93. The molecule has 0 bridgehead atoms. The van der Waals surface area contributed by atoms with Crippen molar-refractivity contribution >= 4 is 11.8 Å². The van der Waals surface area contributed by atoms with E-state index in [9.17, 15) is 18.4 Å². The number of carbonyl (C=O) groups is 2. The van der Waals surface area contributed by atoms with E-state index in [4.69, 9.17) is 0 Å². The first-order chi connectivity index (χ1) is 15.8. The van der Waals surface area contributed by atoms with E-state index in [0.717, 1.165) is 23.4 Å². The van der Waals surface area contributed by atoms with Gasteiger partial charge in [0.05, 0.1) is 17.3 Å². The Morgan fingerprint density at radius 1 is 1.09 bits per heavy atom. The second-order valence-corrected chi connectivity index (χ2v) is 8.25. The van der Waals surface area contributed by atoms with Gasteiger partial charge in [0, 0.05) is 32.1 Å². The monoisotopic (exact) mass is 453 g/mol. The van der Waals surface area contributed by atoms with Crippen molar-refractivity contribution < 1.29 is 18.4 Å². The van der Waals surface area contributed by atoms with E-state index in [-0.39, 0.29) is 23.4 Å². The molecule has 1 aliphatic heterocycles. The van der Waals surface area contributed by atoms with Gasteiger partial charge < -0.3 is 9.80 Å². The maximum Gasteiger partial charge on any atom is 0.256 e. The van der Waals surface area contributed by atoms with E-state index in [1.165, 1.54) is 11.2 Å². The zero-order chi connectivity index (χ0) is 23.5. The Labute approximate surface area is 190 Å². The van der Waals surface area contributed by atoms with Gasteiger partial charge in [-0.2, -0.15) is 5.10 Å². The van der Waals surface area contributed by atoms with Crippen molar-refractivity contribution in [3.05, 3.63) is 77.9 Å². The summed E-state index contributed by atoms with van der Waals surface area (Å²) >= 11 is 0. The minimum absolute atomic E-state index is 0.0166. The Hall–Kier alpha value is -3.62. The van der Waals surface area contributed by atoms with E-state index < -0.39 is 17.5 Å². The van der Waals surface area contributed by atoms with Crippen molar-refractivity contribution in [3.63, 3.8) is 0 Å². The van der Waals surface area contributed by atoms with Crippen LogP contribution in [0.3, 0.4) is 0 Å². The fraction of sp³-hybridized carbons (Fsp3) is 0.333. The lowest BCUT2D eigenvalue weighted by Crippen LogP contribution is -2.44. The van der Waals surface area contributed by atoms with Gasteiger partial charge in [-0.15, -0.1) is 0 Å². The molecule has 1 saturated heterocycles. The van der Waals surface area contributed by atoms with Gasteiger partial charge in [-0.25, -0.2) is 18.4 Å². The third kappa shape index (κ3) is 4.76. The van der Waals surface area contributed by atoms with Crippen LogP contribution in [0.4, 0.5) is 8.78 Å². The number of benzene rings is 2. The highest BCUT2D eigenvalue weighted by Crippen LogP contribution is 2.26. The Morgan fingerprint density at radius 3 is 2.39 bits per heavy atom. The molecule has 2 amide bonds. The molecular weight excluding hydrogens is 428 g/mol. The molecule has 33 heavy (non-hydrogen) atoms. The number of carbonyl (C=O) groups excluding carboxylic acids is 2. The molecule has 1 unspecified atom stereocenters. The first-order valence-electron chi connectivity index (χ1n) is 10.8. The van der Waals surface area contributed by atoms with Crippen molar-refractivity contribution in [2.45, 2.75) is 25.8 Å². The molecule has 7 nitrogen and oxygen atoms in total. The zero-order valence-electron chi connectivity index (χ0n) is 18.5. The second-order valence-electron chi connectivity index (χ2n) is 8.25. The van der Waals surface area contributed by atoms with E-state index in [2.05, 4.69) is 10.1 Å². The van der Waals surface area contributed by atoms with Gasteiger partial charge in [0.2, 0.25) is 5.91 Å². The van der Waals surface area contributed by atoms with Crippen LogP contribution in [0.2, 0.25) is 0 Å². The summed E-state index contributed by atoms with van der Waals surface area (Å²) in [6.07, 6.45) is 4.08. The molecule has 4 rings (SSSR count). The lowest BCUT2D eigenvalue weighted by molar-refractivity contribution is -0.137. The molecule has 172 valence electrons. The zero-order valence-corrected chi connectivity index (χ0v) is 18.5. The van der Waals surface area contributed by atoms with Gasteiger partial charge >= 0.3 is 0 Å². The van der Waals surface area contributed by atoms with Crippen LogP contribution < -0.4 is 0 Å². The highest BCUT2D eigenvalue weighted by atomic mass is 19.1. The van der Waals surface area contributed by atoms with Crippen molar-refractivity contribution in [2.24, 2.45) is 5.92 Å². The van der Waals surface area contributed by atoms with Gasteiger partial charge in [0.15, 0.2) is 0 Å². The summed E-state index contributed by atoms with van der Waals surface area (Å²) in [5.41, 5.74) is 1.72. The molecule has 1 aromatic heterocycles. The van der Waals surface area contributed by atoms with Crippen molar-refractivity contribution in [2.75, 3.05) is 20.1 Å². The molecule has 9 heteroatoms. The molecule has 0 spiro atoms. The number of amides is 2. The molecular formula is C24H25F2N5O2. The van der Waals surface area contributed by atoms with E-state index in [1.54, 1.807) is 23.0 Å². The Bertz CT molecular complexity index is 1130. The van der Waals surface area contributed by atoms with Crippen molar-refractivity contribution in [1.82, 2.24) is 24.6 Å². The maximum absolute atomic E-state index is 14.0. The Morgan fingerprint density at radius 2 is 1.79 bits per heavy atom. The number of piperidine rings is 1. The maximum atomic E-state index is 14.0. The van der Waals surface area contributed by atoms with Gasteiger partial charge in [0.1, 0.15) is 24.3 Å². The van der Waals surface area contributed by atoms with Crippen molar-refractivity contribution in [3.8, 4) is 5.69 Å². The summed E-state index contributed by atoms with van der Waals surface area (Å²) in [7, 11) is 1.78. The molecule has 1 fully saturated rings. The van der Waals surface area contributed by atoms with Crippen LogP contribution in [-0.2, 0) is 4.79 Å². The average molecular weight is 453 g/mol. The van der Waals surface area contributed by atoms with E-state index >= 15 is 0 Å². The fourth-order valence-electron chi connectivity index (χ4n) is 4.11. The SMILES string of the molecule is CC(c1ccc(-n2cncn2)cc1)N(C)C(=O)C1CCN(C(=O)c2ccc(F)cc2F)CC1. The third-order valence-corrected chi connectivity index (χ3v) is 6.28. The molecule has 0 N–H and O–H groups in total. The smallest absolute Gasteiger partial charge is 0.256 e. The molecule has 2 aromatic carbocycles. The van der Waals surface area contributed by atoms with Gasteiger partial charge in [-0.1, -0.05) is 12.1 Å². The highest BCUT2D eigenvalue weighted by molar-refractivity contribution is 5.94. The van der Waals surface area contributed by atoms with Crippen LogP contribution in [-0.4, -0.2) is 56.5 Å². The first kappa shape index (κ1) is 22.6. The van der Waals surface area contributed by atoms with Gasteiger partial charge in [-0.05, 0) is 49.6 Å². The Balaban J connectivity index is 1.35. The minimum atomic E-state index is -0.874. The van der Waals surface area contributed by atoms with E-state index in [0.29, 0.717) is 32.0 Å². The number of hydrogen-bond donors (Lipinski definition) is 0. The summed E-state index contributed by atoms with van der Waals surface area (Å²) in [5, 5.41) is 4.11. The topological polar surface area (TPSA) is 71.3 Å². The standard InChI is InChI=1S/C24H25F2N5O2/c1-16(17-3-6-20(7-4-17)31-15-27-14-28-31)29(2)23(32)18-9-11-30(12-10-18)24(33)21-8-5-19(25)13-22(21)26/h3-8,13-16,18H,9-12H2,1-2H3. The molecule has 1 atom stereocenters. The van der Waals surface area contributed by atoms with Crippen LogP contribution in [0.1, 0.15) is 41.7 Å². The lowest BCUT2D eigenvalue weighted by Gasteiger charge is -2.35. The number of halogens is 2. The highest BCUT2D eigenvalue weighted by Gasteiger charge is 2.31. The summed E-state index contributed by atoms with van der Waals surface area (Å²) in [6, 6.07) is 10.6. The summed E-state index contributed by atoms with van der Waals surface area (Å²) in [5.74, 6) is -2.27. The summed E-state index contributed by atoms with van der Waals surface area (Å²) in [6.45, 7) is 2.67. The van der Waals surface area contributed by atoms with Crippen LogP contribution in [0.15, 0.2) is 55.1 Å². The average Bonchev–Trinajstić information content (AvgIpc) is 3.37. The molecule has 0 radical (unpaired) electrons. The third-order valence-electron chi connectivity index (χ3n) is 6.28. The number of hydrogen-bond acceptors (Lipinski definition) is 4. The molecule has 0 saturated carbocycles. The number of rotatable bonds is 5. The quantitative estimate of drug-likeness (QED) is 0.592. The predicted molar refractivity (Wildman–Crippen MR) is 118 cm³/mol. The summed E-state index contributed by atoms with van der Waals surface area (Å²) < 4.78 is 28.8. The van der Waals surface area contributed by atoms with Crippen LogP contribution in [0.25, 0.3) is 5.69 Å². The fourth-order valence-corrected chi connectivity index (χ4v) is 4.11. The van der Waals surface area contributed by atoms with Crippen LogP contribution in [0.5, 0.6) is 0 Å². The van der Waals surface area contributed by atoms with E-state index in [1.807, 2.05) is 31.2 Å². The Kier molecular flexibility index (Phi) is 6.48. The summed E-state index contributed by atoms with van der Waals surface area (Å²) in [4.78, 5) is 32.9. The minimum Gasteiger partial charge on any atom is -0.339 e. The van der Waals surface area contributed by atoms with Gasteiger partial charge in [0.25, 0.3) is 5.91 Å². The molecule has 2 heterocycles. The molecule has 3 aromatic rings. The first-order valence-corrected chi connectivity index (χ1v) is 10.8. The van der Waals surface area contributed by atoms with Crippen LogP contribution >= 0.6 is 0 Å². The predicted octanol–water partition coefficient (Wildman–Crippen LogP) is 3.62. The number of likely N-dealkylation sites (tertiary alicyclic amines) is 1. The number of aromatic nitrogens is 3. The molecule has 0 aliphatic carbocycles. The van der Waals surface area contributed by atoms with Crippen molar-refractivity contribution in [1.29, 1.82) is 0 Å². The second kappa shape index (κ2) is 9.48. The van der Waals surface area contributed by atoms with Gasteiger partial charge in [-0.3, -0.25) is 9.59 Å². The molecule has 1 aliphatic rings. The van der Waals surface area contributed by atoms with Crippen LogP contribution in [0, 0.1) is 17.6 Å². The number of nitrogens with zero attached hydrogens (tertiary/aromatic N) is 5. The normalized spacial score (nSPS) is 15.3.